The van der Waals surface area contributed by atoms with Crippen LogP contribution in [0.25, 0.3) is 0 Å². The van der Waals surface area contributed by atoms with Gasteiger partial charge in [-0.25, -0.2) is 4.39 Å². The number of likely N-dealkylation sites (tertiary alicyclic amines) is 1. The molecule has 2 aromatic rings. The van der Waals surface area contributed by atoms with Crippen molar-refractivity contribution >= 4 is 5.91 Å². The molecule has 4 saturated heterocycles. The van der Waals surface area contributed by atoms with Crippen molar-refractivity contribution in [3.63, 3.8) is 0 Å². The first kappa shape index (κ1) is 17.7. The molecule has 5 heteroatoms. The number of fused-ring (bicyclic) bond motifs is 2. The maximum atomic E-state index is 14.6. The van der Waals surface area contributed by atoms with E-state index in [1.165, 1.54) is 18.7 Å². The van der Waals surface area contributed by atoms with Gasteiger partial charge in [0.05, 0.1) is 13.2 Å². The highest BCUT2D eigenvalue weighted by Gasteiger charge is 2.55. The minimum Gasteiger partial charge on any atom is -0.496 e. The molecular formula is C23H25FN2O2. The minimum absolute atomic E-state index is 0.0638. The second-order valence-corrected chi connectivity index (χ2v) is 8.15. The summed E-state index contributed by atoms with van der Waals surface area (Å²) in [6.45, 7) is 2.82. The first-order valence-corrected chi connectivity index (χ1v) is 10.1. The molecule has 0 unspecified atom stereocenters. The molecule has 4 aliphatic rings. The zero-order valence-electron chi connectivity index (χ0n) is 16.1. The Balaban J connectivity index is 1.56. The van der Waals surface area contributed by atoms with Gasteiger partial charge in [0.25, 0.3) is 5.91 Å². The number of carbonyl (C=O) groups excluding carboxylic acids is 1. The molecule has 1 amide bonds. The van der Waals surface area contributed by atoms with Crippen LogP contribution in [0.5, 0.6) is 5.75 Å². The number of hydrogen-bond acceptors (Lipinski definition) is 3. The van der Waals surface area contributed by atoms with Crippen LogP contribution in [-0.2, 0) is 0 Å². The molecule has 4 nitrogen and oxygen atoms in total. The van der Waals surface area contributed by atoms with E-state index in [9.17, 15) is 9.18 Å². The second kappa shape index (κ2) is 6.89. The topological polar surface area (TPSA) is 32.8 Å². The highest BCUT2D eigenvalue weighted by Crippen LogP contribution is 2.47. The Bertz CT molecular complexity index is 879. The molecule has 28 heavy (non-hydrogen) atoms. The predicted molar refractivity (Wildman–Crippen MR) is 105 cm³/mol. The molecule has 2 bridgehead atoms. The summed E-state index contributed by atoms with van der Waals surface area (Å²) >= 11 is 0. The average Bonchev–Trinajstić information content (AvgIpc) is 3.17. The van der Waals surface area contributed by atoms with Gasteiger partial charge in [0, 0.05) is 18.5 Å². The lowest BCUT2D eigenvalue weighted by Gasteiger charge is -2.51. The first-order valence-electron chi connectivity index (χ1n) is 10.1. The fourth-order valence-corrected chi connectivity index (χ4v) is 5.67. The molecule has 0 aromatic heterocycles. The maximum Gasteiger partial charge on any atom is 0.260 e. The third-order valence-electron chi connectivity index (χ3n) is 6.89. The number of nitrogens with zero attached hydrogens (tertiary/aromatic N) is 2. The normalized spacial score (nSPS) is 30.9. The van der Waals surface area contributed by atoms with Crippen molar-refractivity contribution in [2.24, 2.45) is 5.92 Å². The number of piperidine rings is 3. The van der Waals surface area contributed by atoms with Gasteiger partial charge in [-0.2, -0.15) is 0 Å². The van der Waals surface area contributed by atoms with Crippen LogP contribution >= 0.6 is 0 Å². The zero-order chi connectivity index (χ0) is 19.3. The number of benzene rings is 2. The summed E-state index contributed by atoms with van der Waals surface area (Å²) in [5.74, 6) is 0.315. The monoisotopic (exact) mass is 380 g/mol. The van der Waals surface area contributed by atoms with E-state index in [-0.39, 0.29) is 23.4 Å². The van der Waals surface area contributed by atoms with Crippen molar-refractivity contribution in [3.05, 3.63) is 65.5 Å². The molecule has 146 valence electrons. The number of ether oxygens (including phenoxy) is 1. The molecule has 3 atom stereocenters. The van der Waals surface area contributed by atoms with E-state index in [0.29, 0.717) is 24.3 Å². The van der Waals surface area contributed by atoms with Gasteiger partial charge in [0.15, 0.2) is 0 Å². The highest BCUT2D eigenvalue weighted by atomic mass is 19.1. The van der Waals surface area contributed by atoms with Gasteiger partial charge in [-0.1, -0.05) is 36.4 Å². The van der Waals surface area contributed by atoms with Gasteiger partial charge in [-0.05, 0) is 49.5 Å². The first-order chi connectivity index (χ1) is 13.7. The predicted octanol–water partition coefficient (Wildman–Crippen LogP) is 3.54. The average molecular weight is 380 g/mol. The number of amides is 1. The van der Waals surface area contributed by atoms with Crippen LogP contribution in [0.3, 0.4) is 0 Å². The maximum absolute atomic E-state index is 14.6. The number of rotatable bonds is 3. The van der Waals surface area contributed by atoms with Crippen molar-refractivity contribution in [1.82, 2.24) is 9.80 Å². The van der Waals surface area contributed by atoms with Crippen molar-refractivity contribution in [1.29, 1.82) is 0 Å². The van der Waals surface area contributed by atoms with Gasteiger partial charge >= 0.3 is 0 Å². The van der Waals surface area contributed by atoms with Gasteiger partial charge in [0.1, 0.15) is 17.1 Å². The van der Waals surface area contributed by atoms with Gasteiger partial charge in [-0.15, -0.1) is 0 Å². The third kappa shape index (κ3) is 2.64. The summed E-state index contributed by atoms with van der Waals surface area (Å²) in [6.07, 6.45) is 2.22. The number of halogens is 1. The molecular weight excluding hydrogens is 355 g/mol. The lowest BCUT2D eigenvalue weighted by molar-refractivity contribution is -0.00362. The third-order valence-corrected chi connectivity index (χ3v) is 6.89. The Labute approximate surface area is 164 Å². The number of methoxy groups -OCH3 is 1. The smallest absolute Gasteiger partial charge is 0.260 e. The van der Waals surface area contributed by atoms with E-state index in [4.69, 9.17) is 4.74 Å². The lowest BCUT2D eigenvalue weighted by atomic mass is 9.75. The van der Waals surface area contributed by atoms with Gasteiger partial charge < -0.3 is 9.64 Å². The molecule has 0 N–H and O–H groups in total. The standard InChI is InChI=1S/C23H25FN2O2/c1-28-19-9-5-8-18(24)20(19)23(27)26-14-17(15-6-3-2-4-7-15)22-21(26)16-10-12-25(22)13-11-16/h2-9,16-17,21-22H,10-14H2,1H3/t17-,21-,22-/m1/s1. The van der Waals surface area contributed by atoms with Crippen LogP contribution in [-0.4, -0.2) is 54.5 Å². The highest BCUT2D eigenvalue weighted by molar-refractivity contribution is 5.97. The lowest BCUT2D eigenvalue weighted by Crippen LogP contribution is -2.60. The molecule has 0 aliphatic carbocycles. The van der Waals surface area contributed by atoms with Crippen LogP contribution in [0.15, 0.2) is 48.5 Å². The Hall–Kier alpha value is -2.40. The van der Waals surface area contributed by atoms with Crippen molar-refractivity contribution in [3.8, 4) is 5.75 Å². The van der Waals surface area contributed by atoms with Crippen LogP contribution < -0.4 is 4.74 Å². The van der Waals surface area contributed by atoms with Crippen LogP contribution in [0.2, 0.25) is 0 Å². The Kier molecular flexibility index (Phi) is 4.35. The fourth-order valence-electron chi connectivity index (χ4n) is 5.67. The van der Waals surface area contributed by atoms with E-state index in [1.807, 2.05) is 11.0 Å². The Morgan fingerprint density at radius 3 is 2.50 bits per heavy atom. The SMILES string of the molecule is COc1cccc(F)c1C(=O)N1C[C@H](c2ccccc2)[C@@H]2[C@H]1C1CCN2CC1. The van der Waals surface area contributed by atoms with E-state index in [1.54, 1.807) is 12.1 Å². The zero-order valence-corrected chi connectivity index (χ0v) is 16.1. The molecule has 0 radical (unpaired) electrons. The van der Waals surface area contributed by atoms with E-state index in [0.717, 1.165) is 25.9 Å². The summed E-state index contributed by atoms with van der Waals surface area (Å²) in [6, 6.07) is 15.5. The molecule has 4 fully saturated rings. The summed E-state index contributed by atoms with van der Waals surface area (Å²) < 4.78 is 20.0. The quantitative estimate of drug-likeness (QED) is 0.817. The van der Waals surface area contributed by atoms with E-state index >= 15 is 0 Å². The Morgan fingerprint density at radius 1 is 1.04 bits per heavy atom. The van der Waals surface area contributed by atoms with Crippen LogP contribution in [0.4, 0.5) is 4.39 Å². The molecule has 4 heterocycles. The van der Waals surface area contributed by atoms with E-state index in [2.05, 4.69) is 29.2 Å². The summed E-state index contributed by atoms with van der Waals surface area (Å²) in [5, 5.41) is 0. The summed E-state index contributed by atoms with van der Waals surface area (Å²) in [7, 11) is 1.49. The van der Waals surface area contributed by atoms with Crippen LogP contribution in [0.1, 0.15) is 34.7 Å². The van der Waals surface area contributed by atoms with Crippen molar-refractivity contribution < 1.29 is 13.9 Å². The largest absolute Gasteiger partial charge is 0.496 e. The minimum atomic E-state index is -0.509. The molecule has 2 aromatic carbocycles. The fraction of sp³-hybridized carbons (Fsp3) is 0.435. The summed E-state index contributed by atoms with van der Waals surface area (Å²) in [4.78, 5) is 18.0. The van der Waals surface area contributed by atoms with Crippen LogP contribution in [0, 0.1) is 11.7 Å². The summed E-state index contributed by atoms with van der Waals surface area (Å²) in [5.41, 5.74) is 1.33. The van der Waals surface area contributed by atoms with Gasteiger partial charge in [-0.3, -0.25) is 9.69 Å². The van der Waals surface area contributed by atoms with Crippen molar-refractivity contribution in [2.45, 2.75) is 30.8 Å². The molecule has 6 rings (SSSR count). The van der Waals surface area contributed by atoms with Gasteiger partial charge in [0.2, 0.25) is 0 Å². The number of hydrogen-bond donors (Lipinski definition) is 0. The molecule has 0 spiro atoms. The molecule has 4 aliphatic heterocycles. The number of carbonyl (C=O) groups is 1. The second-order valence-electron chi connectivity index (χ2n) is 8.15. The van der Waals surface area contributed by atoms with Crippen molar-refractivity contribution in [2.75, 3.05) is 26.7 Å². The Morgan fingerprint density at radius 2 is 1.79 bits per heavy atom. The molecule has 0 saturated carbocycles. The van der Waals surface area contributed by atoms with E-state index < -0.39 is 5.82 Å².